The molecule has 1 aliphatic heterocycles. The highest BCUT2D eigenvalue weighted by Gasteiger charge is 2.27. The number of likely N-dealkylation sites (tertiary alicyclic amines) is 1. The summed E-state index contributed by atoms with van der Waals surface area (Å²) in [6.45, 7) is 0.542. The summed E-state index contributed by atoms with van der Waals surface area (Å²) in [5.74, 6) is -0.877. The van der Waals surface area contributed by atoms with E-state index in [1.54, 1.807) is 4.90 Å². The van der Waals surface area contributed by atoms with Crippen LogP contribution in [-0.2, 0) is 0 Å². The summed E-state index contributed by atoms with van der Waals surface area (Å²) in [5.41, 5.74) is -0.422. The van der Waals surface area contributed by atoms with Crippen molar-refractivity contribution in [2.75, 3.05) is 12.4 Å². The number of alkyl halides is 1. The number of carbonyl (C=O) groups excluding carboxylic acids is 1. The van der Waals surface area contributed by atoms with Gasteiger partial charge < -0.3 is 4.90 Å². The Hall–Kier alpha value is -1.69. The SMILES string of the molecule is O=C(c1cc(F)cc([N+](=O)[O-])c1)N1CCCCCC1CCl. The minimum atomic E-state index is -0.787. The third-order valence-electron chi connectivity index (χ3n) is 3.66. The van der Waals surface area contributed by atoms with Crippen LogP contribution in [0.1, 0.15) is 36.0 Å². The molecule has 0 saturated carbocycles. The Kier molecular flexibility index (Phi) is 5.12. The van der Waals surface area contributed by atoms with Gasteiger partial charge in [-0.05, 0) is 18.9 Å². The number of nitro benzene ring substituents is 1. The maximum atomic E-state index is 13.5. The van der Waals surface area contributed by atoms with Gasteiger partial charge in [0.25, 0.3) is 11.6 Å². The molecule has 0 aromatic heterocycles. The number of benzene rings is 1. The smallest absolute Gasteiger partial charge is 0.273 e. The van der Waals surface area contributed by atoms with Gasteiger partial charge in [0.2, 0.25) is 0 Å². The van der Waals surface area contributed by atoms with E-state index in [0.29, 0.717) is 12.4 Å². The summed E-state index contributed by atoms with van der Waals surface area (Å²) < 4.78 is 13.5. The quantitative estimate of drug-likeness (QED) is 0.488. The first kappa shape index (κ1) is 15.7. The largest absolute Gasteiger partial charge is 0.334 e. The van der Waals surface area contributed by atoms with E-state index in [1.807, 2.05) is 0 Å². The average molecular weight is 315 g/mol. The molecule has 21 heavy (non-hydrogen) atoms. The lowest BCUT2D eigenvalue weighted by Gasteiger charge is -2.28. The van der Waals surface area contributed by atoms with Gasteiger partial charge in [0.05, 0.1) is 11.0 Å². The van der Waals surface area contributed by atoms with Gasteiger partial charge in [-0.1, -0.05) is 12.8 Å². The van der Waals surface area contributed by atoms with Gasteiger partial charge in [0.15, 0.2) is 0 Å². The van der Waals surface area contributed by atoms with Crippen LogP contribution in [0.25, 0.3) is 0 Å². The zero-order valence-corrected chi connectivity index (χ0v) is 12.2. The van der Waals surface area contributed by atoms with Crippen LogP contribution in [-0.4, -0.2) is 34.2 Å². The summed E-state index contributed by atoms with van der Waals surface area (Å²) in [4.78, 5) is 24.2. The summed E-state index contributed by atoms with van der Waals surface area (Å²) >= 11 is 5.92. The zero-order chi connectivity index (χ0) is 15.4. The van der Waals surface area contributed by atoms with Crippen LogP contribution < -0.4 is 0 Å². The molecule has 2 rings (SSSR count). The monoisotopic (exact) mass is 314 g/mol. The standard InChI is InChI=1S/C14H16ClFN2O3/c15-9-12-4-2-1-3-5-17(12)14(19)10-6-11(16)8-13(7-10)18(20)21/h6-8,12H,1-5,9H2. The molecule has 1 fully saturated rings. The molecule has 0 spiro atoms. The van der Waals surface area contributed by atoms with Crippen molar-refractivity contribution in [3.05, 3.63) is 39.7 Å². The van der Waals surface area contributed by atoms with Crippen LogP contribution >= 0.6 is 11.6 Å². The van der Waals surface area contributed by atoms with Crippen LogP contribution in [0.4, 0.5) is 10.1 Å². The van der Waals surface area contributed by atoms with Crippen molar-refractivity contribution in [3.63, 3.8) is 0 Å². The van der Waals surface area contributed by atoms with Gasteiger partial charge in [-0.3, -0.25) is 14.9 Å². The molecule has 0 bridgehead atoms. The van der Waals surface area contributed by atoms with Crippen LogP contribution in [0.5, 0.6) is 0 Å². The lowest BCUT2D eigenvalue weighted by atomic mass is 10.1. The van der Waals surface area contributed by atoms with Crippen molar-refractivity contribution in [1.29, 1.82) is 0 Å². The number of hydrogen-bond donors (Lipinski definition) is 0. The molecular weight excluding hydrogens is 299 g/mol. The number of amides is 1. The molecule has 114 valence electrons. The van der Waals surface area contributed by atoms with Crippen molar-refractivity contribution in [2.24, 2.45) is 0 Å². The molecule has 1 heterocycles. The molecule has 1 atom stereocenters. The molecular formula is C14H16ClFN2O3. The van der Waals surface area contributed by atoms with E-state index in [4.69, 9.17) is 11.6 Å². The Balaban J connectivity index is 2.31. The molecule has 1 amide bonds. The molecule has 1 aromatic carbocycles. The lowest BCUT2D eigenvalue weighted by Crippen LogP contribution is -2.41. The van der Waals surface area contributed by atoms with Crippen LogP contribution in [0.2, 0.25) is 0 Å². The van der Waals surface area contributed by atoms with E-state index in [2.05, 4.69) is 0 Å². The van der Waals surface area contributed by atoms with Crippen LogP contribution in [0, 0.1) is 15.9 Å². The summed E-state index contributed by atoms with van der Waals surface area (Å²) in [7, 11) is 0. The van der Waals surface area contributed by atoms with Gasteiger partial charge in [-0.2, -0.15) is 0 Å². The van der Waals surface area contributed by atoms with Crippen molar-refractivity contribution >= 4 is 23.2 Å². The number of carbonyl (C=O) groups is 1. The van der Waals surface area contributed by atoms with Gasteiger partial charge >= 0.3 is 0 Å². The van der Waals surface area contributed by atoms with E-state index >= 15 is 0 Å². The predicted molar refractivity (Wildman–Crippen MR) is 77.1 cm³/mol. The molecule has 1 saturated heterocycles. The number of non-ortho nitro benzene ring substituents is 1. The first-order chi connectivity index (χ1) is 10.0. The van der Waals surface area contributed by atoms with E-state index < -0.39 is 22.3 Å². The predicted octanol–water partition coefficient (Wildman–Crippen LogP) is 3.36. The average Bonchev–Trinajstić information content (AvgIpc) is 2.70. The van der Waals surface area contributed by atoms with E-state index in [-0.39, 0.29) is 11.6 Å². The molecule has 0 radical (unpaired) electrons. The summed E-state index contributed by atoms with van der Waals surface area (Å²) in [6.07, 6.45) is 3.66. The topological polar surface area (TPSA) is 63.4 Å². The Morgan fingerprint density at radius 3 is 2.81 bits per heavy atom. The minimum Gasteiger partial charge on any atom is -0.334 e. The maximum absolute atomic E-state index is 13.5. The van der Waals surface area contributed by atoms with E-state index in [1.165, 1.54) is 0 Å². The number of nitro groups is 1. The van der Waals surface area contributed by atoms with Gasteiger partial charge in [-0.15, -0.1) is 11.6 Å². The molecule has 5 nitrogen and oxygen atoms in total. The van der Waals surface area contributed by atoms with Crippen molar-refractivity contribution in [1.82, 2.24) is 4.90 Å². The first-order valence-electron chi connectivity index (χ1n) is 6.85. The van der Waals surface area contributed by atoms with Gasteiger partial charge in [0, 0.05) is 30.1 Å². The second-order valence-corrected chi connectivity index (χ2v) is 5.42. The Morgan fingerprint density at radius 1 is 1.38 bits per heavy atom. The highest BCUT2D eigenvalue weighted by molar-refractivity contribution is 6.18. The van der Waals surface area contributed by atoms with Gasteiger partial charge in [0.1, 0.15) is 5.82 Å². The molecule has 0 N–H and O–H groups in total. The lowest BCUT2D eigenvalue weighted by molar-refractivity contribution is -0.385. The minimum absolute atomic E-state index is 0.00119. The highest BCUT2D eigenvalue weighted by Crippen LogP contribution is 2.23. The fourth-order valence-electron chi connectivity index (χ4n) is 2.57. The third kappa shape index (κ3) is 3.69. The van der Waals surface area contributed by atoms with Crippen molar-refractivity contribution < 1.29 is 14.1 Å². The number of rotatable bonds is 3. The fourth-order valence-corrected chi connectivity index (χ4v) is 2.89. The summed E-state index contributed by atoms with van der Waals surface area (Å²) in [5, 5.41) is 10.8. The van der Waals surface area contributed by atoms with Crippen LogP contribution in [0.15, 0.2) is 18.2 Å². The molecule has 0 aliphatic carbocycles. The Morgan fingerprint density at radius 2 is 2.14 bits per heavy atom. The maximum Gasteiger partial charge on any atom is 0.273 e. The second-order valence-electron chi connectivity index (χ2n) is 5.11. The van der Waals surface area contributed by atoms with Crippen molar-refractivity contribution in [2.45, 2.75) is 31.7 Å². The normalized spacial score (nSPS) is 19.1. The molecule has 7 heteroatoms. The first-order valence-corrected chi connectivity index (χ1v) is 7.38. The molecule has 1 aliphatic rings. The Labute approximate surface area is 126 Å². The molecule has 1 unspecified atom stereocenters. The number of hydrogen-bond acceptors (Lipinski definition) is 3. The van der Waals surface area contributed by atoms with Gasteiger partial charge in [-0.25, -0.2) is 4.39 Å². The van der Waals surface area contributed by atoms with E-state index in [0.717, 1.165) is 43.9 Å². The molecule has 1 aromatic rings. The van der Waals surface area contributed by atoms with E-state index in [9.17, 15) is 19.3 Å². The number of halogens is 2. The Bertz CT molecular complexity index is 553. The number of nitrogens with zero attached hydrogens (tertiary/aromatic N) is 2. The fraction of sp³-hybridized carbons (Fsp3) is 0.500. The van der Waals surface area contributed by atoms with Crippen molar-refractivity contribution in [3.8, 4) is 0 Å². The highest BCUT2D eigenvalue weighted by atomic mass is 35.5. The zero-order valence-electron chi connectivity index (χ0n) is 11.4. The van der Waals surface area contributed by atoms with Crippen LogP contribution in [0.3, 0.4) is 0 Å². The summed E-state index contributed by atoms with van der Waals surface area (Å²) in [6, 6.07) is 2.84. The second kappa shape index (κ2) is 6.85. The third-order valence-corrected chi connectivity index (χ3v) is 4.01.